The molecule has 0 spiro atoms. The molecule has 1 heterocycles. The molecule has 0 amide bonds. The van der Waals surface area contributed by atoms with E-state index in [9.17, 15) is 4.79 Å². The lowest BCUT2D eigenvalue weighted by Gasteiger charge is -2.29. The van der Waals surface area contributed by atoms with Crippen molar-refractivity contribution in [1.82, 2.24) is 4.98 Å². The van der Waals surface area contributed by atoms with Gasteiger partial charge < -0.3 is 10.4 Å². The van der Waals surface area contributed by atoms with E-state index < -0.39 is 5.97 Å². The first-order valence-corrected chi connectivity index (χ1v) is 6.00. The minimum Gasteiger partial charge on any atom is -0.481 e. The zero-order valence-corrected chi connectivity index (χ0v) is 10.0. The SMILES string of the molecule is N#Cc1ccc(NC2(CC(=O)O)CCCC2)cn1. The van der Waals surface area contributed by atoms with Crippen molar-refractivity contribution in [1.29, 1.82) is 5.26 Å². The Morgan fingerprint density at radius 3 is 2.72 bits per heavy atom. The van der Waals surface area contributed by atoms with Crippen molar-refractivity contribution < 1.29 is 9.90 Å². The summed E-state index contributed by atoms with van der Waals surface area (Å²) < 4.78 is 0. The molecule has 1 aromatic heterocycles. The van der Waals surface area contributed by atoms with Gasteiger partial charge in [-0.2, -0.15) is 5.26 Å². The molecule has 1 fully saturated rings. The van der Waals surface area contributed by atoms with Gasteiger partial charge >= 0.3 is 5.97 Å². The summed E-state index contributed by atoms with van der Waals surface area (Å²) in [5.74, 6) is -0.786. The largest absolute Gasteiger partial charge is 0.481 e. The summed E-state index contributed by atoms with van der Waals surface area (Å²) in [5, 5.41) is 21.0. The van der Waals surface area contributed by atoms with Crippen LogP contribution in [0, 0.1) is 11.3 Å². The van der Waals surface area contributed by atoms with E-state index in [1.807, 2.05) is 6.07 Å². The molecule has 0 aliphatic heterocycles. The molecule has 5 heteroatoms. The average molecular weight is 245 g/mol. The van der Waals surface area contributed by atoms with E-state index in [-0.39, 0.29) is 12.0 Å². The lowest BCUT2D eigenvalue weighted by molar-refractivity contribution is -0.138. The summed E-state index contributed by atoms with van der Waals surface area (Å²) in [6, 6.07) is 5.36. The van der Waals surface area contributed by atoms with E-state index in [0.29, 0.717) is 5.69 Å². The Kier molecular flexibility index (Phi) is 3.47. The van der Waals surface area contributed by atoms with Crippen molar-refractivity contribution in [3.8, 4) is 6.07 Å². The fourth-order valence-electron chi connectivity index (χ4n) is 2.53. The number of hydrogen-bond donors (Lipinski definition) is 2. The van der Waals surface area contributed by atoms with Crippen LogP contribution in [0.1, 0.15) is 37.8 Å². The minimum absolute atomic E-state index is 0.118. The van der Waals surface area contributed by atoms with Crippen LogP contribution < -0.4 is 5.32 Å². The van der Waals surface area contributed by atoms with Crippen molar-refractivity contribution in [2.45, 2.75) is 37.6 Å². The normalized spacial score (nSPS) is 17.1. The summed E-state index contributed by atoms with van der Waals surface area (Å²) >= 11 is 0. The number of carboxylic acid groups (broad SMARTS) is 1. The number of nitriles is 1. The summed E-state index contributed by atoms with van der Waals surface area (Å²) in [6.07, 6.45) is 5.51. The van der Waals surface area contributed by atoms with Crippen LogP contribution in [0.3, 0.4) is 0 Å². The van der Waals surface area contributed by atoms with Crippen LogP contribution in [0.5, 0.6) is 0 Å². The molecular weight excluding hydrogens is 230 g/mol. The molecule has 1 aliphatic carbocycles. The second-order valence-corrected chi connectivity index (χ2v) is 4.73. The number of hydrogen-bond acceptors (Lipinski definition) is 4. The second kappa shape index (κ2) is 5.05. The van der Waals surface area contributed by atoms with E-state index in [0.717, 1.165) is 31.4 Å². The van der Waals surface area contributed by atoms with Gasteiger partial charge in [-0.3, -0.25) is 4.79 Å². The molecule has 0 saturated heterocycles. The number of anilines is 1. The molecule has 2 rings (SSSR count). The smallest absolute Gasteiger partial charge is 0.305 e. The van der Waals surface area contributed by atoms with Crippen LogP contribution >= 0.6 is 0 Å². The van der Waals surface area contributed by atoms with Gasteiger partial charge in [-0.25, -0.2) is 4.98 Å². The van der Waals surface area contributed by atoms with Crippen LogP contribution in [0.4, 0.5) is 5.69 Å². The Morgan fingerprint density at radius 1 is 1.50 bits per heavy atom. The van der Waals surface area contributed by atoms with Crippen molar-refractivity contribution in [2.24, 2.45) is 0 Å². The third kappa shape index (κ3) is 2.77. The second-order valence-electron chi connectivity index (χ2n) is 4.73. The Balaban J connectivity index is 2.13. The number of aliphatic carboxylic acids is 1. The third-order valence-corrected chi connectivity index (χ3v) is 3.34. The Morgan fingerprint density at radius 2 is 2.22 bits per heavy atom. The van der Waals surface area contributed by atoms with Gasteiger partial charge in [0.1, 0.15) is 11.8 Å². The third-order valence-electron chi connectivity index (χ3n) is 3.34. The zero-order valence-electron chi connectivity index (χ0n) is 10.0. The number of aromatic nitrogens is 1. The predicted molar refractivity (Wildman–Crippen MR) is 66.0 cm³/mol. The molecule has 2 N–H and O–H groups in total. The Labute approximate surface area is 105 Å². The highest BCUT2D eigenvalue weighted by atomic mass is 16.4. The van der Waals surface area contributed by atoms with Gasteiger partial charge in [0.25, 0.3) is 0 Å². The van der Waals surface area contributed by atoms with Crippen LogP contribution in [0.15, 0.2) is 18.3 Å². The molecule has 18 heavy (non-hydrogen) atoms. The first-order valence-electron chi connectivity index (χ1n) is 6.00. The van der Waals surface area contributed by atoms with Gasteiger partial charge in [0.15, 0.2) is 0 Å². The summed E-state index contributed by atoms with van der Waals surface area (Å²) in [4.78, 5) is 14.9. The lowest BCUT2D eigenvalue weighted by Crippen LogP contribution is -2.37. The highest BCUT2D eigenvalue weighted by Gasteiger charge is 2.35. The van der Waals surface area contributed by atoms with Crippen LogP contribution in [-0.2, 0) is 4.79 Å². The maximum atomic E-state index is 11.0. The van der Waals surface area contributed by atoms with E-state index >= 15 is 0 Å². The van der Waals surface area contributed by atoms with Gasteiger partial charge in [0, 0.05) is 5.54 Å². The first-order chi connectivity index (χ1) is 8.63. The van der Waals surface area contributed by atoms with Crippen molar-refractivity contribution in [3.05, 3.63) is 24.0 Å². The quantitative estimate of drug-likeness (QED) is 0.848. The molecule has 0 radical (unpaired) electrons. The molecule has 1 aliphatic rings. The number of nitrogens with one attached hydrogen (secondary N) is 1. The fraction of sp³-hybridized carbons (Fsp3) is 0.462. The molecule has 0 bridgehead atoms. The maximum Gasteiger partial charge on any atom is 0.305 e. The Bertz CT molecular complexity index is 470. The van der Waals surface area contributed by atoms with Crippen molar-refractivity contribution in [3.63, 3.8) is 0 Å². The van der Waals surface area contributed by atoms with Crippen LogP contribution in [0.25, 0.3) is 0 Å². The van der Waals surface area contributed by atoms with Crippen LogP contribution in [-0.4, -0.2) is 21.6 Å². The lowest BCUT2D eigenvalue weighted by atomic mass is 9.93. The molecule has 5 nitrogen and oxygen atoms in total. The molecule has 0 atom stereocenters. The number of rotatable bonds is 4. The first kappa shape index (κ1) is 12.4. The van der Waals surface area contributed by atoms with Gasteiger partial charge in [-0.05, 0) is 25.0 Å². The number of carboxylic acids is 1. The molecular formula is C13H15N3O2. The molecule has 0 unspecified atom stereocenters. The molecule has 94 valence electrons. The zero-order chi connectivity index (χ0) is 13.0. The van der Waals surface area contributed by atoms with Gasteiger partial charge in [0.2, 0.25) is 0 Å². The molecule has 1 saturated carbocycles. The van der Waals surface area contributed by atoms with E-state index in [1.54, 1.807) is 18.3 Å². The number of carbonyl (C=O) groups is 1. The standard InChI is InChI=1S/C13H15N3O2/c14-8-10-3-4-11(9-15-10)16-13(7-12(17)18)5-1-2-6-13/h3-4,9,16H,1-2,5-7H2,(H,17,18). The number of nitrogens with zero attached hydrogens (tertiary/aromatic N) is 2. The monoisotopic (exact) mass is 245 g/mol. The topological polar surface area (TPSA) is 86.0 Å². The van der Waals surface area contributed by atoms with Gasteiger partial charge in [0.05, 0.1) is 18.3 Å². The molecule has 1 aromatic rings. The number of pyridine rings is 1. The fourth-order valence-corrected chi connectivity index (χ4v) is 2.53. The maximum absolute atomic E-state index is 11.0. The van der Waals surface area contributed by atoms with Crippen molar-refractivity contribution >= 4 is 11.7 Å². The van der Waals surface area contributed by atoms with Gasteiger partial charge in [-0.15, -0.1) is 0 Å². The van der Waals surface area contributed by atoms with E-state index in [1.165, 1.54) is 0 Å². The summed E-state index contributed by atoms with van der Waals surface area (Å²) in [5.41, 5.74) is 0.776. The average Bonchev–Trinajstić information content (AvgIpc) is 2.77. The highest BCUT2D eigenvalue weighted by molar-refractivity contribution is 5.69. The van der Waals surface area contributed by atoms with E-state index in [4.69, 9.17) is 10.4 Å². The predicted octanol–water partition coefficient (Wildman–Crippen LogP) is 2.15. The van der Waals surface area contributed by atoms with Gasteiger partial charge in [-0.1, -0.05) is 12.8 Å². The Hall–Kier alpha value is -2.09. The summed E-state index contributed by atoms with van der Waals surface area (Å²) in [7, 11) is 0. The van der Waals surface area contributed by atoms with Crippen molar-refractivity contribution in [2.75, 3.05) is 5.32 Å². The summed E-state index contributed by atoms with van der Waals surface area (Å²) in [6.45, 7) is 0. The minimum atomic E-state index is -0.786. The van der Waals surface area contributed by atoms with Crippen LogP contribution in [0.2, 0.25) is 0 Å². The van der Waals surface area contributed by atoms with E-state index in [2.05, 4.69) is 10.3 Å². The highest BCUT2D eigenvalue weighted by Crippen LogP contribution is 2.35. The molecule has 0 aromatic carbocycles.